The lowest BCUT2D eigenvalue weighted by atomic mass is 9.99. The zero-order chi connectivity index (χ0) is 48.1. The summed E-state index contributed by atoms with van der Waals surface area (Å²) in [5, 5.41) is 18.5. The van der Waals surface area contributed by atoms with Gasteiger partial charge >= 0.3 is 0 Å². The van der Waals surface area contributed by atoms with E-state index in [4.69, 9.17) is 0 Å². The summed E-state index contributed by atoms with van der Waals surface area (Å²) in [7, 11) is -3.77. The van der Waals surface area contributed by atoms with Gasteiger partial charge in [-0.3, -0.25) is 0 Å². The average molecular weight is 924 g/mol. The lowest BCUT2D eigenvalue weighted by Gasteiger charge is -2.75. The second-order valence-corrected chi connectivity index (χ2v) is 27.8. The number of unbranched alkanes of at least 4 members (excludes halogenated alkanes) is 12. The lowest BCUT2D eigenvalue weighted by Crippen LogP contribution is -2.37. The molecule has 1 nitrogen and oxygen atoms in total. The molecule has 2 unspecified atom stereocenters. The molecule has 0 amide bonds. The van der Waals surface area contributed by atoms with Crippen LogP contribution in [0.1, 0.15) is 189 Å². The number of allylic oxidation sites excluding steroid dienone is 21. The Labute approximate surface area is 407 Å². The van der Waals surface area contributed by atoms with Crippen molar-refractivity contribution in [3.63, 3.8) is 0 Å². The van der Waals surface area contributed by atoms with Gasteiger partial charge < -0.3 is 5.11 Å². The monoisotopic (exact) mass is 923 g/mol. The fraction of sp³-hybridized carbons (Fsp3) is 0.516. The van der Waals surface area contributed by atoms with Crippen LogP contribution in [0.15, 0.2) is 159 Å². The largest absolute Gasteiger partial charge is 0.507 e. The molecular formula is C62H98OS2. The Morgan fingerprint density at radius 2 is 1.00 bits per heavy atom. The first-order chi connectivity index (χ1) is 31.3. The van der Waals surface area contributed by atoms with Gasteiger partial charge in [0, 0.05) is 9.48 Å². The van der Waals surface area contributed by atoms with E-state index in [1.54, 1.807) is 0 Å². The Balaban J connectivity index is 4.23. The van der Waals surface area contributed by atoms with Crippen molar-refractivity contribution in [2.75, 3.05) is 6.26 Å². The van der Waals surface area contributed by atoms with Crippen molar-refractivity contribution in [3.8, 4) is 5.75 Å². The molecule has 1 aromatic rings. The SMILES string of the molecule is CCCCCC/C=C/C=C/C=C/S(C)(/C=C/C=C/C=C/CCCCCC)(/C=C/C=C/C(C)=C/CCC(C)CCC)(/C(C)=C/C=C/C=C/CCCCCC)C(C)Sc1cc(C)c(O)c(C)c1. The zero-order valence-corrected chi connectivity index (χ0v) is 45.3. The minimum Gasteiger partial charge on any atom is -0.507 e. The molecule has 0 fully saturated rings. The average Bonchev–Trinajstić information content (AvgIpc) is 3.28. The Kier molecular flexibility index (Phi) is 31.2. The highest BCUT2D eigenvalue weighted by Gasteiger charge is 2.56. The van der Waals surface area contributed by atoms with E-state index in [-0.39, 0.29) is 4.58 Å². The van der Waals surface area contributed by atoms with Gasteiger partial charge in [0.1, 0.15) is 5.75 Å². The molecule has 3 heteroatoms. The maximum Gasteiger partial charge on any atom is 0.121 e. The standard InChI is InChI=1S/C62H98OS2/c1-12-16-19-22-25-28-31-34-37-41-50-65(11,51-42-38-35-32-29-26-23-20-17-13-2,59(9)49-39-36-33-30-27-24-21-18-14-3,60(10)64-61-53-57(7)62(63)58(8)54-61)52-43-40-46-56(6)48-44-47-55(5)45-15-4/h28-43,46,48-55,60,63H,12-27,44-45,47H2,1-11H3/b31-28+,32-29+,33-30+,37-34+,38-35+,39-36+,46-40+,50-41+,51-42+,52-43+,56-48+,59-49+. The molecule has 0 aliphatic rings. The highest BCUT2D eigenvalue weighted by molar-refractivity contribution is 8.75. The second kappa shape index (κ2) is 34.0. The fourth-order valence-corrected chi connectivity index (χ4v) is 16.0. The normalized spacial score (nSPS) is 16.0. The zero-order valence-electron chi connectivity index (χ0n) is 43.7. The van der Waals surface area contributed by atoms with E-state index in [1.165, 1.54) is 107 Å². The van der Waals surface area contributed by atoms with Crippen LogP contribution in [0.25, 0.3) is 0 Å². The quantitative estimate of drug-likeness (QED) is 0.0416. The fourth-order valence-electron chi connectivity index (χ4n) is 8.12. The topological polar surface area (TPSA) is 20.2 Å². The number of rotatable bonds is 35. The van der Waals surface area contributed by atoms with E-state index in [1.807, 2.05) is 25.6 Å². The number of thioether (sulfide) groups is 1. The minimum atomic E-state index is -3.77. The van der Waals surface area contributed by atoms with Gasteiger partial charge in [-0.1, -0.05) is 226 Å². The number of hydrogen-bond donors (Lipinski definition) is 1. The van der Waals surface area contributed by atoms with Gasteiger partial charge in [-0.2, -0.15) is 0 Å². The molecule has 1 N–H and O–H groups in total. The molecule has 0 saturated carbocycles. The molecule has 0 bridgehead atoms. The van der Waals surface area contributed by atoms with Crippen LogP contribution in [-0.2, 0) is 0 Å². The van der Waals surface area contributed by atoms with Crippen molar-refractivity contribution in [3.05, 3.63) is 165 Å². The van der Waals surface area contributed by atoms with E-state index >= 15 is 0 Å². The maximum absolute atomic E-state index is 10.8. The molecule has 0 spiro atoms. The van der Waals surface area contributed by atoms with Crippen LogP contribution >= 0.6 is 20.1 Å². The van der Waals surface area contributed by atoms with E-state index in [2.05, 4.69) is 205 Å². The summed E-state index contributed by atoms with van der Waals surface area (Å²) in [5.74, 6) is 1.14. The molecule has 0 aliphatic heterocycles. The summed E-state index contributed by atoms with van der Waals surface area (Å²) in [6, 6.07) is 4.31. The first-order valence-electron chi connectivity index (χ1n) is 25.8. The highest BCUT2D eigenvalue weighted by Crippen LogP contribution is 2.99. The third-order valence-corrected chi connectivity index (χ3v) is 23.7. The van der Waals surface area contributed by atoms with Crippen LogP contribution in [0, 0.1) is 19.8 Å². The Hall–Kier alpha value is -3.40. The molecule has 0 aromatic heterocycles. The van der Waals surface area contributed by atoms with Gasteiger partial charge in [-0.25, -0.2) is 8.29 Å². The predicted octanol–water partition coefficient (Wildman–Crippen LogP) is 21.4. The summed E-state index contributed by atoms with van der Waals surface area (Å²) >= 11 is 1.91. The third kappa shape index (κ3) is 22.3. The molecule has 0 radical (unpaired) electrons. The van der Waals surface area contributed by atoms with E-state index in [9.17, 15) is 5.11 Å². The smallest absolute Gasteiger partial charge is 0.121 e. The summed E-state index contributed by atoms with van der Waals surface area (Å²) in [6.45, 7) is 22.5. The van der Waals surface area contributed by atoms with Crippen LogP contribution in [0.5, 0.6) is 5.75 Å². The summed E-state index contributed by atoms with van der Waals surface area (Å²) < 4.78 is 0.0657. The third-order valence-electron chi connectivity index (χ3n) is 13.1. The summed E-state index contributed by atoms with van der Waals surface area (Å²) in [6.07, 6.45) is 69.3. The van der Waals surface area contributed by atoms with Gasteiger partial charge in [-0.05, 0) is 143 Å². The van der Waals surface area contributed by atoms with E-state index in [0.29, 0.717) is 5.75 Å². The number of phenols is 1. The number of aromatic hydroxyl groups is 1. The molecule has 364 valence electrons. The predicted molar refractivity (Wildman–Crippen MR) is 305 cm³/mol. The van der Waals surface area contributed by atoms with Gasteiger partial charge in [0.2, 0.25) is 0 Å². The molecule has 0 heterocycles. The minimum absolute atomic E-state index is 0.0657. The van der Waals surface area contributed by atoms with Crippen LogP contribution in [-0.4, -0.2) is 15.9 Å². The van der Waals surface area contributed by atoms with E-state index < -0.39 is 8.29 Å². The molecule has 1 rings (SSSR count). The molecule has 2 atom stereocenters. The van der Waals surface area contributed by atoms with Crippen molar-refractivity contribution < 1.29 is 5.11 Å². The highest BCUT2D eigenvalue weighted by atomic mass is 32.4. The number of phenolic OH excluding ortho intramolecular Hbond substituents is 1. The molecule has 0 saturated heterocycles. The van der Waals surface area contributed by atoms with Gasteiger partial charge in [0.05, 0.1) is 0 Å². The number of hydrogen-bond acceptors (Lipinski definition) is 2. The number of benzene rings is 1. The van der Waals surface area contributed by atoms with Crippen molar-refractivity contribution in [1.29, 1.82) is 0 Å². The van der Waals surface area contributed by atoms with Crippen molar-refractivity contribution in [2.45, 2.75) is 201 Å². The van der Waals surface area contributed by atoms with Crippen LogP contribution in [0.3, 0.4) is 0 Å². The Morgan fingerprint density at radius 1 is 0.554 bits per heavy atom. The van der Waals surface area contributed by atoms with Gasteiger partial charge in [-0.15, -0.1) is 11.8 Å². The second-order valence-electron chi connectivity index (χ2n) is 19.1. The van der Waals surface area contributed by atoms with Crippen LogP contribution in [0.2, 0.25) is 0 Å². The van der Waals surface area contributed by atoms with E-state index in [0.717, 1.165) is 47.6 Å². The molecular weight excluding hydrogens is 825 g/mol. The molecule has 0 aliphatic carbocycles. The van der Waals surface area contributed by atoms with Crippen molar-refractivity contribution in [2.24, 2.45) is 5.92 Å². The van der Waals surface area contributed by atoms with Crippen molar-refractivity contribution >= 4 is 20.1 Å². The van der Waals surface area contributed by atoms with Crippen molar-refractivity contribution in [1.82, 2.24) is 0 Å². The first-order valence-corrected chi connectivity index (χ1v) is 29.8. The molecule has 1 aromatic carbocycles. The summed E-state index contributed by atoms with van der Waals surface area (Å²) in [4.78, 5) is 2.48. The summed E-state index contributed by atoms with van der Waals surface area (Å²) in [5.41, 5.74) is 3.12. The van der Waals surface area contributed by atoms with Crippen LogP contribution < -0.4 is 0 Å². The van der Waals surface area contributed by atoms with Gasteiger partial charge in [0.25, 0.3) is 0 Å². The Morgan fingerprint density at radius 3 is 1.46 bits per heavy atom. The first kappa shape index (κ1) is 59.6. The van der Waals surface area contributed by atoms with Gasteiger partial charge in [0.15, 0.2) is 0 Å². The lowest BCUT2D eigenvalue weighted by molar-refractivity contribution is 0.466. The van der Waals surface area contributed by atoms with Crippen LogP contribution in [0.4, 0.5) is 0 Å². The molecule has 65 heavy (non-hydrogen) atoms. The maximum atomic E-state index is 10.8. The Bertz CT molecular complexity index is 1780. The number of aryl methyl sites for hydroxylation is 2.